The molecular formula is C29H44N2O6. The fraction of sp³-hybridized carbons (Fsp3) is 0.759. The number of carbonyl (C=O) groups excluding carboxylic acids is 3. The van der Waals surface area contributed by atoms with Crippen LogP contribution < -0.4 is 0 Å². The van der Waals surface area contributed by atoms with Gasteiger partial charge < -0.3 is 24.4 Å². The summed E-state index contributed by atoms with van der Waals surface area (Å²) in [6, 6.07) is -1.32. The average Bonchev–Trinajstić information content (AvgIpc) is 3.53. The minimum atomic E-state index is -1.08. The number of hydrogen-bond donors (Lipinski definition) is 1. The third-order valence-corrected chi connectivity index (χ3v) is 8.78. The van der Waals surface area contributed by atoms with E-state index >= 15 is 0 Å². The van der Waals surface area contributed by atoms with Crippen LogP contribution in [-0.4, -0.2) is 82.3 Å². The number of aliphatic hydroxyl groups excluding tert-OH is 1. The molecule has 8 nitrogen and oxygen atoms in total. The molecular weight excluding hydrogens is 472 g/mol. The Morgan fingerprint density at radius 1 is 1.22 bits per heavy atom. The lowest BCUT2D eigenvalue weighted by molar-refractivity contribution is -0.157. The van der Waals surface area contributed by atoms with Crippen molar-refractivity contribution >= 4 is 17.8 Å². The fourth-order valence-electron chi connectivity index (χ4n) is 7.30. The molecule has 1 saturated carbocycles. The number of likely N-dealkylation sites (tertiary alicyclic amines) is 1. The molecule has 2 unspecified atom stereocenters. The lowest BCUT2D eigenvalue weighted by Crippen LogP contribution is -2.60. The third kappa shape index (κ3) is 4.99. The molecule has 4 rings (SSSR count). The largest absolute Gasteiger partial charge is 0.465 e. The summed E-state index contributed by atoms with van der Waals surface area (Å²) in [7, 11) is 0. The number of hydrogen-bond acceptors (Lipinski definition) is 6. The molecule has 8 heteroatoms. The average molecular weight is 517 g/mol. The van der Waals surface area contributed by atoms with Crippen LogP contribution in [0.3, 0.4) is 0 Å². The highest BCUT2D eigenvalue weighted by atomic mass is 16.6. The number of esters is 1. The molecule has 2 amide bonds. The summed E-state index contributed by atoms with van der Waals surface area (Å²) >= 11 is 0. The fourth-order valence-corrected chi connectivity index (χ4v) is 7.30. The van der Waals surface area contributed by atoms with Crippen molar-refractivity contribution in [2.75, 3.05) is 19.8 Å². The minimum absolute atomic E-state index is 0.0857. The second-order valence-corrected chi connectivity index (χ2v) is 11.6. The lowest BCUT2D eigenvalue weighted by Gasteiger charge is -2.42. The summed E-state index contributed by atoms with van der Waals surface area (Å²) in [4.78, 5) is 45.4. The summed E-state index contributed by atoms with van der Waals surface area (Å²) in [5, 5.41) is 10.4. The van der Waals surface area contributed by atoms with E-state index in [0.717, 1.165) is 32.1 Å². The van der Waals surface area contributed by atoms with Gasteiger partial charge in [0, 0.05) is 12.6 Å². The maximum Gasteiger partial charge on any atom is 0.312 e. The zero-order valence-corrected chi connectivity index (χ0v) is 22.5. The molecule has 37 heavy (non-hydrogen) atoms. The van der Waals surface area contributed by atoms with Gasteiger partial charge in [0.1, 0.15) is 11.6 Å². The topological polar surface area (TPSA) is 96.4 Å². The Bertz CT molecular complexity index is 884. The van der Waals surface area contributed by atoms with Crippen LogP contribution in [-0.2, 0) is 23.9 Å². The first-order valence-corrected chi connectivity index (χ1v) is 14.1. The summed E-state index contributed by atoms with van der Waals surface area (Å²) in [5.74, 6) is -2.18. The normalized spacial score (nSPS) is 31.9. The van der Waals surface area contributed by atoms with Gasteiger partial charge in [0.05, 0.1) is 37.2 Å². The molecule has 0 radical (unpaired) electrons. The van der Waals surface area contributed by atoms with Gasteiger partial charge >= 0.3 is 5.97 Å². The highest BCUT2D eigenvalue weighted by Gasteiger charge is 2.75. The van der Waals surface area contributed by atoms with Gasteiger partial charge in [0.25, 0.3) is 0 Å². The first-order valence-electron chi connectivity index (χ1n) is 14.1. The van der Waals surface area contributed by atoms with Gasteiger partial charge in [-0.25, -0.2) is 0 Å². The Morgan fingerprint density at radius 2 is 1.95 bits per heavy atom. The highest BCUT2D eigenvalue weighted by Crippen LogP contribution is 2.59. The van der Waals surface area contributed by atoms with Crippen LogP contribution in [0.5, 0.6) is 0 Å². The molecule has 1 N–H and O–H groups in total. The molecule has 2 bridgehead atoms. The van der Waals surface area contributed by atoms with E-state index in [9.17, 15) is 19.5 Å². The molecule has 0 aromatic carbocycles. The van der Waals surface area contributed by atoms with E-state index in [1.165, 1.54) is 0 Å². The SMILES string of the molecule is C=CCCOC(=O)[C@@H]1[C@H]2C(=O)N([C@@H](CO)CC(C)C)C(C(=O)N(CC=C)C3CCCCC3)C23CC[C@H]1O3. The predicted molar refractivity (Wildman–Crippen MR) is 139 cm³/mol. The Kier molecular flexibility index (Phi) is 8.79. The standard InChI is InChI=1S/C29H44N2O6/c1-5-7-16-36-28(35)23-22-13-14-29(37-22)24(23)26(33)31(21(18-32)17-19(3)4)25(29)27(34)30(15-6-2)20-11-9-8-10-12-20/h5-6,19-25,32H,1-2,7-18H2,3-4H3/t21-,22-,23+,24+,25?,29?/m1/s1. The first-order chi connectivity index (χ1) is 17.8. The number of rotatable bonds is 12. The smallest absolute Gasteiger partial charge is 0.312 e. The van der Waals surface area contributed by atoms with Gasteiger partial charge in [-0.05, 0) is 44.4 Å². The Balaban J connectivity index is 1.73. The quantitative estimate of drug-likeness (QED) is 0.243. The van der Waals surface area contributed by atoms with Crippen LogP contribution in [0.25, 0.3) is 0 Å². The number of fused-ring (bicyclic) bond motifs is 1. The zero-order chi connectivity index (χ0) is 26.7. The molecule has 3 saturated heterocycles. The lowest BCUT2D eigenvalue weighted by atomic mass is 9.70. The van der Waals surface area contributed by atoms with Crippen molar-refractivity contribution in [3.63, 3.8) is 0 Å². The minimum Gasteiger partial charge on any atom is -0.465 e. The van der Waals surface area contributed by atoms with E-state index in [0.29, 0.717) is 32.2 Å². The second-order valence-electron chi connectivity index (χ2n) is 11.6. The summed E-state index contributed by atoms with van der Waals surface area (Å²) in [5.41, 5.74) is -1.08. The van der Waals surface area contributed by atoms with Crippen LogP contribution >= 0.6 is 0 Å². The highest BCUT2D eigenvalue weighted by molar-refractivity contribution is 5.98. The van der Waals surface area contributed by atoms with Gasteiger partial charge in [-0.15, -0.1) is 13.2 Å². The van der Waals surface area contributed by atoms with E-state index in [4.69, 9.17) is 9.47 Å². The van der Waals surface area contributed by atoms with E-state index in [1.54, 1.807) is 17.1 Å². The van der Waals surface area contributed by atoms with Gasteiger partial charge in [0.15, 0.2) is 0 Å². The monoisotopic (exact) mass is 516 g/mol. The van der Waals surface area contributed by atoms with Crippen LogP contribution in [0.1, 0.15) is 71.6 Å². The van der Waals surface area contributed by atoms with Crippen molar-refractivity contribution in [1.82, 2.24) is 9.80 Å². The van der Waals surface area contributed by atoms with Crippen molar-refractivity contribution in [1.29, 1.82) is 0 Å². The molecule has 4 fully saturated rings. The van der Waals surface area contributed by atoms with Crippen molar-refractivity contribution in [3.05, 3.63) is 25.3 Å². The number of ether oxygens (including phenoxy) is 2. The number of carbonyl (C=O) groups is 3. The Labute approximate surface area is 221 Å². The Hall–Kier alpha value is -2.19. The van der Waals surface area contributed by atoms with E-state index in [2.05, 4.69) is 13.2 Å². The van der Waals surface area contributed by atoms with Crippen molar-refractivity contribution in [3.8, 4) is 0 Å². The van der Waals surface area contributed by atoms with Crippen LogP contribution in [0.2, 0.25) is 0 Å². The van der Waals surface area contributed by atoms with Gasteiger partial charge in [0.2, 0.25) is 11.8 Å². The maximum atomic E-state index is 14.5. The first kappa shape index (κ1) is 27.8. The molecule has 6 atom stereocenters. The van der Waals surface area contributed by atoms with Crippen molar-refractivity contribution < 1.29 is 29.0 Å². The maximum absolute atomic E-state index is 14.5. The van der Waals surface area contributed by atoms with Gasteiger partial charge in [-0.2, -0.15) is 0 Å². The van der Waals surface area contributed by atoms with Gasteiger partial charge in [-0.1, -0.05) is 45.3 Å². The number of aliphatic hydroxyl groups is 1. The molecule has 0 aromatic rings. The van der Waals surface area contributed by atoms with Crippen molar-refractivity contribution in [2.45, 2.75) is 101 Å². The molecule has 206 valence electrons. The molecule has 1 spiro atoms. The van der Waals surface area contributed by atoms with E-state index in [1.807, 2.05) is 18.7 Å². The zero-order valence-electron chi connectivity index (χ0n) is 22.5. The van der Waals surface area contributed by atoms with Crippen molar-refractivity contribution in [2.24, 2.45) is 17.8 Å². The van der Waals surface area contributed by atoms with Gasteiger partial charge in [-0.3, -0.25) is 14.4 Å². The number of amides is 2. The molecule has 4 aliphatic rings. The number of nitrogens with zero attached hydrogens (tertiary/aromatic N) is 2. The van der Waals surface area contributed by atoms with Crippen LogP contribution in [0.4, 0.5) is 0 Å². The summed E-state index contributed by atoms with van der Waals surface area (Å²) in [6.45, 7) is 12.0. The van der Waals surface area contributed by atoms with Crippen LogP contribution in [0, 0.1) is 17.8 Å². The molecule has 1 aliphatic carbocycles. The summed E-state index contributed by atoms with van der Waals surface area (Å²) < 4.78 is 12.1. The second kappa shape index (κ2) is 11.7. The molecule has 0 aromatic heterocycles. The molecule has 3 heterocycles. The Morgan fingerprint density at radius 3 is 2.57 bits per heavy atom. The third-order valence-electron chi connectivity index (χ3n) is 8.78. The van der Waals surface area contributed by atoms with E-state index in [-0.39, 0.29) is 37.0 Å². The predicted octanol–water partition coefficient (Wildman–Crippen LogP) is 3.23. The molecule has 3 aliphatic heterocycles. The van der Waals surface area contributed by atoms with Crippen LogP contribution in [0.15, 0.2) is 25.3 Å². The van der Waals surface area contributed by atoms with E-state index < -0.39 is 41.6 Å². The summed E-state index contributed by atoms with van der Waals surface area (Å²) in [6.07, 6.45) is 10.3.